The molecule has 1 saturated heterocycles. The van der Waals surface area contributed by atoms with Crippen LogP contribution in [0.5, 0.6) is 0 Å². The van der Waals surface area contributed by atoms with E-state index in [1.165, 1.54) is 30.7 Å². The molecule has 0 spiro atoms. The van der Waals surface area contributed by atoms with Crippen molar-refractivity contribution in [2.24, 2.45) is 11.7 Å². The fourth-order valence-corrected chi connectivity index (χ4v) is 3.37. The third-order valence-electron chi connectivity index (χ3n) is 3.30. The van der Waals surface area contributed by atoms with E-state index < -0.39 is 0 Å². The molecule has 84 valence electrons. The lowest BCUT2D eigenvalue weighted by Crippen LogP contribution is -2.32. The first-order chi connectivity index (χ1) is 7.33. The van der Waals surface area contributed by atoms with Crippen LogP contribution in [0.3, 0.4) is 0 Å². The molecule has 2 heterocycles. The summed E-state index contributed by atoms with van der Waals surface area (Å²) in [6.45, 7) is 1.96. The van der Waals surface area contributed by atoms with Crippen molar-refractivity contribution in [1.82, 2.24) is 9.88 Å². The minimum atomic E-state index is 0.491. The second-order valence-electron chi connectivity index (χ2n) is 4.32. The van der Waals surface area contributed by atoms with Crippen molar-refractivity contribution in [1.29, 1.82) is 0 Å². The van der Waals surface area contributed by atoms with Gasteiger partial charge in [0.1, 0.15) is 0 Å². The molecule has 1 fully saturated rings. The van der Waals surface area contributed by atoms with E-state index in [1.54, 1.807) is 11.3 Å². The van der Waals surface area contributed by atoms with Crippen LogP contribution < -0.4 is 5.73 Å². The Bertz CT molecular complexity index is 286. The number of hydrogen-bond donors (Lipinski definition) is 1. The van der Waals surface area contributed by atoms with Gasteiger partial charge in [-0.05, 0) is 38.9 Å². The van der Waals surface area contributed by atoms with Gasteiger partial charge in [0.2, 0.25) is 0 Å². The first kappa shape index (κ1) is 11.0. The highest BCUT2D eigenvalue weighted by atomic mass is 32.1. The average Bonchev–Trinajstić information content (AvgIpc) is 2.69. The molecule has 15 heavy (non-hydrogen) atoms. The van der Waals surface area contributed by atoms with Gasteiger partial charge in [0.15, 0.2) is 0 Å². The Morgan fingerprint density at radius 3 is 3.13 bits per heavy atom. The molecule has 0 bridgehead atoms. The van der Waals surface area contributed by atoms with Crippen molar-refractivity contribution >= 4 is 11.3 Å². The number of nitrogens with two attached hydrogens (primary N) is 1. The van der Waals surface area contributed by atoms with Gasteiger partial charge in [-0.1, -0.05) is 6.42 Å². The third kappa shape index (κ3) is 2.38. The molecule has 0 aliphatic carbocycles. The van der Waals surface area contributed by atoms with Crippen molar-refractivity contribution in [2.45, 2.75) is 25.3 Å². The molecule has 0 unspecified atom stereocenters. The van der Waals surface area contributed by atoms with E-state index >= 15 is 0 Å². The molecule has 0 radical (unpaired) electrons. The SMILES string of the molecule is CN1CCCC[C@H](CN)[C@H]1c1cncs1. The summed E-state index contributed by atoms with van der Waals surface area (Å²) in [4.78, 5) is 7.99. The maximum Gasteiger partial charge on any atom is 0.0794 e. The fraction of sp³-hybridized carbons (Fsp3) is 0.727. The van der Waals surface area contributed by atoms with E-state index in [9.17, 15) is 0 Å². The summed E-state index contributed by atoms with van der Waals surface area (Å²) in [6, 6.07) is 0.491. The van der Waals surface area contributed by atoms with E-state index in [2.05, 4.69) is 16.9 Å². The van der Waals surface area contributed by atoms with Gasteiger partial charge in [0.05, 0.1) is 5.51 Å². The van der Waals surface area contributed by atoms with Crippen LogP contribution in [0, 0.1) is 5.92 Å². The van der Waals surface area contributed by atoms with E-state index in [4.69, 9.17) is 5.73 Å². The average molecular weight is 225 g/mol. The lowest BCUT2D eigenvalue weighted by Gasteiger charge is -2.30. The van der Waals surface area contributed by atoms with Crippen LogP contribution in [-0.2, 0) is 0 Å². The molecule has 1 aliphatic heterocycles. The standard InChI is InChI=1S/C11H19N3S/c1-14-5-3-2-4-9(6-12)11(14)10-7-13-8-15-10/h7-9,11H,2-6,12H2,1H3/t9-,11+/m1/s1. The summed E-state index contributed by atoms with van der Waals surface area (Å²) in [7, 11) is 2.21. The van der Waals surface area contributed by atoms with Crippen LogP contribution in [0.1, 0.15) is 30.2 Å². The second-order valence-corrected chi connectivity index (χ2v) is 5.24. The molecule has 1 aliphatic rings. The highest BCUT2D eigenvalue weighted by molar-refractivity contribution is 7.09. The Hall–Kier alpha value is -0.450. The van der Waals surface area contributed by atoms with Gasteiger partial charge in [-0.2, -0.15) is 0 Å². The molecular weight excluding hydrogens is 206 g/mol. The predicted octanol–water partition coefficient (Wildman–Crippen LogP) is 1.87. The molecule has 0 aromatic carbocycles. The molecule has 0 amide bonds. The van der Waals surface area contributed by atoms with Gasteiger partial charge in [-0.25, -0.2) is 0 Å². The maximum atomic E-state index is 5.89. The predicted molar refractivity (Wildman–Crippen MR) is 63.9 cm³/mol. The van der Waals surface area contributed by atoms with Crippen LogP contribution in [0.2, 0.25) is 0 Å². The normalized spacial score (nSPS) is 28.9. The monoisotopic (exact) mass is 225 g/mol. The fourth-order valence-electron chi connectivity index (χ4n) is 2.49. The highest BCUT2D eigenvalue weighted by Gasteiger charge is 2.28. The Balaban J connectivity index is 2.22. The summed E-state index contributed by atoms with van der Waals surface area (Å²) in [5.74, 6) is 0.595. The summed E-state index contributed by atoms with van der Waals surface area (Å²) >= 11 is 1.75. The molecule has 0 saturated carbocycles. The highest BCUT2D eigenvalue weighted by Crippen LogP contribution is 2.35. The lowest BCUT2D eigenvalue weighted by atomic mass is 9.94. The first-order valence-corrected chi connectivity index (χ1v) is 6.49. The number of aromatic nitrogens is 1. The summed E-state index contributed by atoms with van der Waals surface area (Å²) in [6.07, 6.45) is 5.85. The quantitative estimate of drug-likeness (QED) is 0.835. The molecule has 3 nitrogen and oxygen atoms in total. The van der Waals surface area contributed by atoms with Crippen LogP contribution in [0.25, 0.3) is 0 Å². The molecule has 1 aromatic heterocycles. The molecule has 2 atom stereocenters. The zero-order valence-corrected chi connectivity index (χ0v) is 10.0. The Kier molecular flexibility index (Phi) is 3.72. The van der Waals surface area contributed by atoms with Crippen molar-refractivity contribution in [3.8, 4) is 0 Å². The van der Waals surface area contributed by atoms with Crippen LogP contribution >= 0.6 is 11.3 Å². The minimum Gasteiger partial charge on any atom is -0.330 e. The number of thiazole rings is 1. The minimum absolute atomic E-state index is 0.491. The Labute approximate surface area is 95.3 Å². The lowest BCUT2D eigenvalue weighted by molar-refractivity contribution is 0.199. The van der Waals surface area contributed by atoms with Gasteiger partial charge in [0, 0.05) is 17.1 Å². The summed E-state index contributed by atoms with van der Waals surface area (Å²) in [5.41, 5.74) is 7.81. The number of hydrogen-bond acceptors (Lipinski definition) is 4. The third-order valence-corrected chi connectivity index (χ3v) is 4.15. The van der Waals surface area contributed by atoms with E-state index in [0.29, 0.717) is 12.0 Å². The van der Waals surface area contributed by atoms with Crippen LogP contribution in [0.4, 0.5) is 0 Å². The first-order valence-electron chi connectivity index (χ1n) is 5.61. The zero-order chi connectivity index (χ0) is 10.7. The topological polar surface area (TPSA) is 42.1 Å². The van der Waals surface area contributed by atoms with E-state index in [-0.39, 0.29) is 0 Å². The van der Waals surface area contributed by atoms with Gasteiger partial charge < -0.3 is 5.73 Å². The van der Waals surface area contributed by atoms with Crippen molar-refractivity contribution < 1.29 is 0 Å². The molecule has 2 N–H and O–H groups in total. The molecule has 2 rings (SSSR count). The van der Waals surface area contributed by atoms with Crippen LogP contribution in [0.15, 0.2) is 11.7 Å². The number of nitrogens with zero attached hydrogens (tertiary/aromatic N) is 2. The van der Waals surface area contributed by atoms with Gasteiger partial charge in [-0.15, -0.1) is 11.3 Å². The second kappa shape index (κ2) is 5.05. The van der Waals surface area contributed by atoms with E-state index in [1.807, 2.05) is 11.7 Å². The number of likely N-dealkylation sites (tertiary alicyclic amines) is 1. The summed E-state index contributed by atoms with van der Waals surface area (Å²) in [5, 5.41) is 0. The summed E-state index contributed by atoms with van der Waals surface area (Å²) < 4.78 is 0. The molecule has 4 heteroatoms. The van der Waals surface area contributed by atoms with Crippen molar-refractivity contribution in [3.63, 3.8) is 0 Å². The molecular formula is C11H19N3S. The molecule has 1 aromatic rings. The van der Waals surface area contributed by atoms with Gasteiger partial charge in [-0.3, -0.25) is 9.88 Å². The zero-order valence-electron chi connectivity index (χ0n) is 9.22. The largest absolute Gasteiger partial charge is 0.330 e. The van der Waals surface area contributed by atoms with Crippen molar-refractivity contribution in [3.05, 3.63) is 16.6 Å². The maximum absolute atomic E-state index is 5.89. The Morgan fingerprint density at radius 2 is 2.47 bits per heavy atom. The van der Waals surface area contributed by atoms with Crippen LogP contribution in [-0.4, -0.2) is 30.0 Å². The van der Waals surface area contributed by atoms with Crippen molar-refractivity contribution in [2.75, 3.05) is 20.1 Å². The van der Waals surface area contributed by atoms with Gasteiger partial charge in [0.25, 0.3) is 0 Å². The van der Waals surface area contributed by atoms with E-state index in [0.717, 1.165) is 6.54 Å². The number of rotatable bonds is 2. The van der Waals surface area contributed by atoms with Gasteiger partial charge >= 0.3 is 0 Å². The Morgan fingerprint density at radius 1 is 1.60 bits per heavy atom. The smallest absolute Gasteiger partial charge is 0.0794 e.